The van der Waals surface area contributed by atoms with Crippen molar-refractivity contribution < 1.29 is 4.79 Å². The first kappa shape index (κ1) is 11.1. The number of benzene rings is 1. The number of nitrogens with zero attached hydrogens (tertiary/aromatic N) is 3. The molecule has 1 heterocycles. The summed E-state index contributed by atoms with van der Waals surface area (Å²) in [6, 6.07) is 3.23. The van der Waals surface area contributed by atoms with Crippen LogP contribution in [-0.4, -0.2) is 21.1 Å². The van der Waals surface area contributed by atoms with E-state index in [4.69, 9.17) is 23.2 Å². The van der Waals surface area contributed by atoms with Crippen LogP contribution >= 0.6 is 23.2 Å². The Labute approximate surface area is 102 Å². The molecule has 1 aromatic carbocycles. The second kappa shape index (κ2) is 4.23. The normalized spacial score (nSPS) is 10.4. The lowest BCUT2D eigenvalue weighted by atomic mass is 10.2. The van der Waals surface area contributed by atoms with E-state index < -0.39 is 0 Å². The van der Waals surface area contributed by atoms with Crippen LogP contribution in [0.4, 0.5) is 0 Å². The van der Waals surface area contributed by atoms with E-state index in [0.29, 0.717) is 27.8 Å². The molecule has 6 heteroatoms. The zero-order valence-electron chi connectivity index (χ0n) is 8.32. The van der Waals surface area contributed by atoms with Crippen LogP contribution in [0.2, 0.25) is 10.0 Å². The highest BCUT2D eigenvalue weighted by Gasteiger charge is 2.09. The molecule has 4 nitrogen and oxygen atoms in total. The van der Waals surface area contributed by atoms with Crippen LogP contribution in [0, 0.1) is 6.92 Å². The Morgan fingerprint density at radius 3 is 2.38 bits per heavy atom. The van der Waals surface area contributed by atoms with E-state index in [1.807, 2.05) is 0 Å². The van der Waals surface area contributed by atoms with Gasteiger partial charge in [-0.15, -0.1) is 0 Å². The van der Waals surface area contributed by atoms with Crippen molar-refractivity contribution in [1.29, 1.82) is 0 Å². The largest absolute Gasteiger partial charge is 0.298 e. The Morgan fingerprint density at radius 2 is 1.94 bits per heavy atom. The summed E-state index contributed by atoms with van der Waals surface area (Å²) >= 11 is 11.8. The van der Waals surface area contributed by atoms with Gasteiger partial charge in [0.1, 0.15) is 12.2 Å². The summed E-state index contributed by atoms with van der Waals surface area (Å²) in [5, 5.41) is 4.71. The van der Waals surface area contributed by atoms with Crippen molar-refractivity contribution >= 4 is 29.5 Å². The quantitative estimate of drug-likeness (QED) is 0.776. The molecule has 0 saturated heterocycles. The van der Waals surface area contributed by atoms with Gasteiger partial charge in [-0.2, -0.15) is 5.10 Å². The fourth-order valence-corrected chi connectivity index (χ4v) is 1.85. The summed E-state index contributed by atoms with van der Waals surface area (Å²) in [7, 11) is 0. The Hall–Kier alpha value is -1.39. The molecule has 16 heavy (non-hydrogen) atoms. The number of hydrogen-bond donors (Lipinski definition) is 0. The third kappa shape index (κ3) is 1.94. The first-order valence-corrected chi connectivity index (χ1v) is 5.20. The molecule has 0 fully saturated rings. The van der Waals surface area contributed by atoms with Gasteiger partial charge in [0, 0.05) is 0 Å². The fourth-order valence-electron chi connectivity index (χ4n) is 1.29. The summed E-state index contributed by atoms with van der Waals surface area (Å²) in [5.41, 5.74) is 0.949. The number of hydrogen-bond acceptors (Lipinski definition) is 3. The highest BCUT2D eigenvalue weighted by Crippen LogP contribution is 2.26. The summed E-state index contributed by atoms with van der Waals surface area (Å²) in [6.07, 6.45) is 2.18. The lowest BCUT2D eigenvalue weighted by Gasteiger charge is -2.04. The Morgan fingerprint density at radius 1 is 1.31 bits per heavy atom. The SMILES string of the molecule is Cc1ncn(-c2cc(Cl)c(C=O)c(Cl)c2)n1. The molecule has 1 aromatic heterocycles. The summed E-state index contributed by atoms with van der Waals surface area (Å²) < 4.78 is 1.54. The third-order valence-electron chi connectivity index (χ3n) is 2.05. The van der Waals surface area contributed by atoms with Gasteiger partial charge >= 0.3 is 0 Å². The Balaban J connectivity index is 2.56. The van der Waals surface area contributed by atoms with Gasteiger partial charge in [0.2, 0.25) is 0 Å². The molecule has 0 aliphatic rings. The van der Waals surface area contributed by atoms with Gasteiger partial charge in [0.25, 0.3) is 0 Å². The molecule has 0 atom stereocenters. The van der Waals surface area contributed by atoms with E-state index >= 15 is 0 Å². The molecule has 0 bridgehead atoms. The Kier molecular flexibility index (Phi) is 2.94. The predicted octanol–water partition coefficient (Wildman–Crippen LogP) is 2.70. The summed E-state index contributed by atoms with van der Waals surface area (Å²) in [4.78, 5) is 14.7. The molecule has 0 aliphatic heterocycles. The lowest BCUT2D eigenvalue weighted by Crippen LogP contribution is -1.97. The van der Waals surface area contributed by atoms with Crippen LogP contribution in [0.1, 0.15) is 16.2 Å². The van der Waals surface area contributed by atoms with E-state index in [9.17, 15) is 4.79 Å². The van der Waals surface area contributed by atoms with E-state index in [1.54, 1.807) is 30.1 Å². The molecule has 2 rings (SSSR count). The van der Waals surface area contributed by atoms with Crippen molar-refractivity contribution in [2.45, 2.75) is 6.92 Å². The van der Waals surface area contributed by atoms with Crippen LogP contribution in [0.15, 0.2) is 18.5 Å². The van der Waals surface area contributed by atoms with Crippen molar-refractivity contribution in [2.24, 2.45) is 0 Å². The van der Waals surface area contributed by atoms with Crippen molar-refractivity contribution in [1.82, 2.24) is 14.8 Å². The van der Waals surface area contributed by atoms with Gasteiger partial charge in [0.05, 0.1) is 21.3 Å². The second-order valence-electron chi connectivity index (χ2n) is 3.18. The summed E-state index contributed by atoms with van der Waals surface area (Å²) in [5.74, 6) is 0.645. The number of aryl methyl sites for hydroxylation is 1. The summed E-state index contributed by atoms with van der Waals surface area (Å²) in [6.45, 7) is 1.78. The number of carbonyl (C=O) groups excluding carboxylic acids is 1. The van der Waals surface area contributed by atoms with Crippen LogP contribution < -0.4 is 0 Å². The smallest absolute Gasteiger partial charge is 0.153 e. The van der Waals surface area contributed by atoms with Crippen LogP contribution in [0.25, 0.3) is 5.69 Å². The average molecular weight is 256 g/mol. The maximum absolute atomic E-state index is 10.7. The van der Waals surface area contributed by atoms with Gasteiger partial charge in [-0.05, 0) is 19.1 Å². The van der Waals surface area contributed by atoms with Crippen LogP contribution in [0.3, 0.4) is 0 Å². The molecular formula is C10H7Cl2N3O. The monoisotopic (exact) mass is 255 g/mol. The van der Waals surface area contributed by atoms with Gasteiger partial charge in [-0.1, -0.05) is 23.2 Å². The van der Waals surface area contributed by atoms with E-state index in [1.165, 1.54) is 0 Å². The fraction of sp³-hybridized carbons (Fsp3) is 0.100. The molecule has 0 N–H and O–H groups in total. The molecule has 0 unspecified atom stereocenters. The highest BCUT2D eigenvalue weighted by molar-refractivity contribution is 6.38. The number of halogens is 2. The number of aldehydes is 1. The van der Waals surface area contributed by atoms with E-state index in [-0.39, 0.29) is 5.56 Å². The standard InChI is InChI=1S/C10H7Cl2N3O/c1-6-13-5-15(14-6)7-2-9(11)8(4-16)10(12)3-7/h2-5H,1H3. The van der Waals surface area contributed by atoms with Gasteiger partial charge < -0.3 is 0 Å². The number of carbonyl (C=O) groups is 1. The molecular weight excluding hydrogens is 249 g/mol. The minimum Gasteiger partial charge on any atom is -0.298 e. The third-order valence-corrected chi connectivity index (χ3v) is 2.68. The molecule has 0 aliphatic carbocycles. The lowest BCUT2D eigenvalue weighted by molar-refractivity contribution is 0.112. The highest BCUT2D eigenvalue weighted by atomic mass is 35.5. The van der Waals surface area contributed by atoms with Crippen molar-refractivity contribution in [2.75, 3.05) is 0 Å². The first-order valence-electron chi connectivity index (χ1n) is 4.44. The predicted molar refractivity (Wildman–Crippen MR) is 61.5 cm³/mol. The maximum atomic E-state index is 10.7. The van der Waals surface area contributed by atoms with E-state index in [0.717, 1.165) is 0 Å². The number of rotatable bonds is 2. The van der Waals surface area contributed by atoms with Gasteiger partial charge in [0.15, 0.2) is 6.29 Å². The minimum atomic E-state index is 0.281. The molecule has 0 saturated carbocycles. The van der Waals surface area contributed by atoms with Crippen molar-refractivity contribution in [3.8, 4) is 5.69 Å². The Bertz CT molecular complexity index is 528. The zero-order chi connectivity index (χ0) is 11.7. The van der Waals surface area contributed by atoms with Gasteiger partial charge in [-0.25, -0.2) is 9.67 Å². The van der Waals surface area contributed by atoms with Gasteiger partial charge in [-0.3, -0.25) is 4.79 Å². The molecule has 82 valence electrons. The maximum Gasteiger partial charge on any atom is 0.153 e. The second-order valence-corrected chi connectivity index (χ2v) is 3.99. The van der Waals surface area contributed by atoms with Crippen molar-refractivity contribution in [3.05, 3.63) is 39.9 Å². The van der Waals surface area contributed by atoms with Crippen LogP contribution in [0.5, 0.6) is 0 Å². The average Bonchev–Trinajstić information content (AvgIpc) is 2.64. The topological polar surface area (TPSA) is 47.8 Å². The molecule has 0 amide bonds. The minimum absolute atomic E-state index is 0.281. The van der Waals surface area contributed by atoms with E-state index in [2.05, 4.69) is 10.1 Å². The van der Waals surface area contributed by atoms with Crippen LogP contribution in [-0.2, 0) is 0 Å². The van der Waals surface area contributed by atoms with Crippen molar-refractivity contribution in [3.63, 3.8) is 0 Å². The molecule has 2 aromatic rings. The molecule has 0 spiro atoms. The number of aromatic nitrogens is 3. The zero-order valence-corrected chi connectivity index (χ0v) is 9.83. The molecule has 0 radical (unpaired) electrons. The first-order chi connectivity index (χ1) is 7.61.